The van der Waals surface area contributed by atoms with Gasteiger partial charge >= 0.3 is 6.09 Å². The number of carbonyl (C=O) groups excluding carboxylic acids is 1. The Labute approximate surface area is 146 Å². The molecule has 132 valence electrons. The quantitative estimate of drug-likeness (QED) is 0.520. The second kappa shape index (κ2) is 8.91. The average Bonchev–Trinajstić information content (AvgIpc) is 2.99. The highest BCUT2D eigenvalue weighted by Gasteiger charge is 2.30. The number of carbonyl (C=O) groups is 1. The SMILES string of the molecule is CC(C)(C)OC(=O)N1CCC[C@H]1/C=C/CCCCc1ccccc1. The molecule has 0 aliphatic carbocycles. The minimum absolute atomic E-state index is 0.182. The van der Waals surface area contributed by atoms with Crippen LogP contribution in [0, 0.1) is 0 Å². The van der Waals surface area contributed by atoms with Crippen molar-refractivity contribution in [2.75, 3.05) is 6.54 Å². The number of nitrogens with zero attached hydrogens (tertiary/aromatic N) is 1. The largest absolute Gasteiger partial charge is 0.444 e. The highest BCUT2D eigenvalue weighted by atomic mass is 16.6. The highest BCUT2D eigenvalue weighted by molar-refractivity contribution is 5.69. The molecule has 0 unspecified atom stereocenters. The molecule has 2 rings (SSSR count). The summed E-state index contributed by atoms with van der Waals surface area (Å²) < 4.78 is 5.50. The molecule has 24 heavy (non-hydrogen) atoms. The highest BCUT2D eigenvalue weighted by Crippen LogP contribution is 2.22. The number of amides is 1. The molecule has 0 aromatic heterocycles. The Morgan fingerprint density at radius 1 is 1.25 bits per heavy atom. The van der Waals surface area contributed by atoms with Crippen LogP contribution in [0.15, 0.2) is 42.5 Å². The van der Waals surface area contributed by atoms with E-state index in [0.717, 1.165) is 32.2 Å². The van der Waals surface area contributed by atoms with Gasteiger partial charge in [0, 0.05) is 6.54 Å². The number of unbranched alkanes of at least 4 members (excludes halogenated alkanes) is 2. The maximum atomic E-state index is 12.2. The molecule has 1 amide bonds. The number of hydrogen-bond acceptors (Lipinski definition) is 2. The molecule has 1 fully saturated rings. The van der Waals surface area contributed by atoms with Gasteiger partial charge in [0.05, 0.1) is 6.04 Å². The molecule has 3 nitrogen and oxygen atoms in total. The van der Waals surface area contributed by atoms with Gasteiger partial charge in [-0.25, -0.2) is 4.79 Å². The van der Waals surface area contributed by atoms with Crippen LogP contribution in [-0.4, -0.2) is 29.2 Å². The first-order chi connectivity index (χ1) is 11.5. The smallest absolute Gasteiger partial charge is 0.410 e. The molecule has 1 saturated heterocycles. The zero-order valence-electron chi connectivity index (χ0n) is 15.3. The van der Waals surface area contributed by atoms with Gasteiger partial charge in [-0.1, -0.05) is 42.5 Å². The molecule has 3 heteroatoms. The lowest BCUT2D eigenvalue weighted by atomic mass is 10.1. The molecule has 0 spiro atoms. The minimum atomic E-state index is -0.425. The Morgan fingerprint density at radius 3 is 2.71 bits per heavy atom. The van der Waals surface area contributed by atoms with Crippen LogP contribution in [0.2, 0.25) is 0 Å². The molecule has 0 bridgehead atoms. The molecule has 0 N–H and O–H groups in total. The summed E-state index contributed by atoms with van der Waals surface area (Å²) in [6.45, 7) is 6.55. The Kier molecular flexibility index (Phi) is 6.89. The molecule has 1 aromatic carbocycles. The van der Waals surface area contributed by atoms with Crippen molar-refractivity contribution in [1.82, 2.24) is 4.90 Å². The van der Waals surface area contributed by atoms with Crippen LogP contribution < -0.4 is 0 Å². The van der Waals surface area contributed by atoms with Crippen molar-refractivity contribution in [1.29, 1.82) is 0 Å². The fraction of sp³-hybridized carbons (Fsp3) is 0.571. The number of ether oxygens (including phenoxy) is 1. The first-order valence-corrected chi connectivity index (χ1v) is 9.16. The van der Waals surface area contributed by atoms with Gasteiger partial charge in [-0.2, -0.15) is 0 Å². The summed E-state index contributed by atoms with van der Waals surface area (Å²) in [7, 11) is 0. The Balaban J connectivity index is 1.69. The van der Waals surface area contributed by atoms with E-state index in [2.05, 4.69) is 42.5 Å². The molecule has 1 atom stereocenters. The van der Waals surface area contributed by atoms with Gasteiger partial charge in [0.15, 0.2) is 0 Å². The van der Waals surface area contributed by atoms with Gasteiger partial charge in [-0.3, -0.25) is 0 Å². The van der Waals surface area contributed by atoms with Crippen LogP contribution >= 0.6 is 0 Å². The van der Waals surface area contributed by atoms with Crippen molar-refractivity contribution >= 4 is 6.09 Å². The summed E-state index contributed by atoms with van der Waals surface area (Å²) in [4.78, 5) is 14.1. The number of allylic oxidation sites excluding steroid dienone is 1. The van der Waals surface area contributed by atoms with Crippen LogP contribution in [0.25, 0.3) is 0 Å². The maximum absolute atomic E-state index is 12.2. The zero-order valence-corrected chi connectivity index (χ0v) is 15.3. The number of likely N-dealkylation sites (tertiary alicyclic amines) is 1. The summed E-state index contributed by atoms with van der Waals surface area (Å²) in [5.41, 5.74) is 0.985. The molecular formula is C21H31NO2. The van der Waals surface area contributed by atoms with E-state index in [4.69, 9.17) is 4.74 Å². The molecule has 1 aromatic rings. The third-order valence-electron chi connectivity index (χ3n) is 4.21. The Hall–Kier alpha value is -1.77. The number of aryl methyl sites for hydroxylation is 1. The van der Waals surface area contributed by atoms with Crippen molar-refractivity contribution in [2.24, 2.45) is 0 Å². The lowest BCUT2D eigenvalue weighted by molar-refractivity contribution is 0.0256. The fourth-order valence-corrected chi connectivity index (χ4v) is 3.03. The normalized spacial score (nSPS) is 18.3. The predicted molar refractivity (Wildman–Crippen MR) is 99.1 cm³/mol. The number of rotatable bonds is 6. The summed E-state index contributed by atoms with van der Waals surface area (Å²) in [5.74, 6) is 0. The molecular weight excluding hydrogens is 298 g/mol. The van der Waals surface area contributed by atoms with Gasteiger partial charge < -0.3 is 9.64 Å². The van der Waals surface area contributed by atoms with Gasteiger partial charge in [0.25, 0.3) is 0 Å². The second-order valence-corrected chi connectivity index (χ2v) is 7.54. The van der Waals surface area contributed by atoms with Crippen molar-refractivity contribution in [3.8, 4) is 0 Å². The standard InChI is InChI=1S/C21H31NO2/c1-21(2,3)24-20(23)22-17-11-16-19(22)15-10-5-4-7-12-18-13-8-6-9-14-18/h6,8-10,13-15,19H,4-5,7,11-12,16-17H2,1-3H3/b15-10+/t19-/m1/s1. The van der Waals surface area contributed by atoms with Crippen LogP contribution in [0.1, 0.15) is 58.4 Å². The van der Waals surface area contributed by atoms with Gasteiger partial charge in [-0.15, -0.1) is 0 Å². The van der Waals surface area contributed by atoms with E-state index in [0.29, 0.717) is 0 Å². The Bertz CT molecular complexity index is 531. The predicted octanol–water partition coefficient (Wildman–Crippen LogP) is 5.36. The molecule has 1 aliphatic heterocycles. The lowest BCUT2D eigenvalue weighted by Gasteiger charge is -2.27. The summed E-state index contributed by atoms with van der Waals surface area (Å²) >= 11 is 0. The number of benzene rings is 1. The maximum Gasteiger partial charge on any atom is 0.410 e. The van der Waals surface area contributed by atoms with Gasteiger partial charge in [0.2, 0.25) is 0 Å². The Morgan fingerprint density at radius 2 is 2.00 bits per heavy atom. The van der Waals surface area contributed by atoms with E-state index in [9.17, 15) is 4.79 Å². The van der Waals surface area contributed by atoms with Crippen molar-refractivity contribution in [3.63, 3.8) is 0 Å². The third kappa shape index (κ3) is 6.38. The van der Waals surface area contributed by atoms with E-state index in [-0.39, 0.29) is 12.1 Å². The van der Waals surface area contributed by atoms with E-state index in [1.165, 1.54) is 18.4 Å². The summed E-state index contributed by atoms with van der Waals surface area (Å²) in [6, 6.07) is 10.8. The average molecular weight is 329 g/mol. The van der Waals surface area contributed by atoms with Crippen LogP contribution in [0.3, 0.4) is 0 Å². The van der Waals surface area contributed by atoms with E-state index >= 15 is 0 Å². The fourth-order valence-electron chi connectivity index (χ4n) is 3.03. The van der Waals surface area contributed by atoms with Gasteiger partial charge in [0.1, 0.15) is 5.60 Å². The minimum Gasteiger partial charge on any atom is -0.444 e. The van der Waals surface area contributed by atoms with Crippen LogP contribution in [-0.2, 0) is 11.2 Å². The zero-order chi connectivity index (χ0) is 17.4. The van der Waals surface area contributed by atoms with Crippen LogP contribution in [0.4, 0.5) is 4.79 Å². The molecule has 1 aliphatic rings. The van der Waals surface area contributed by atoms with E-state index in [1.807, 2.05) is 25.7 Å². The summed E-state index contributed by atoms with van der Waals surface area (Å²) in [6.07, 6.45) is 10.9. The first-order valence-electron chi connectivity index (χ1n) is 9.16. The summed E-state index contributed by atoms with van der Waals surface area (Å²) in [5, 5.41) is 0. The second-order valence-electron chi connectivity index (χ2n) is 7.54. The number of hydrogen-bond donors (Lipinski definition) is 0. The molecule has 0 radical (unpaired) electrons. The van der Waals surface area contributed by atoms with E-state index < -0.39 is 5.60 Å². The topological polar surface area (TPSA) is 29.5 Å². The molecule has 0 saturated carbocycles. The van der Waals surface area contributed by atoms with Crippen molar-refractivity contribution in [2.45, 2.75) is 70.9 Å². The van der Waals surface area contributed by atoms with Crippen molar-refractivity contribution < 1.29 is 9.53 Å². The third-order valence-corrected chi connectivity index (χ3v) is 4.21. The van der Waals surface area contributed by atoms with Crippen LogP contribution in [0.5, 0.6) is 0 Å². The van der Waals surface area contributed by atoms with Gasteiger partial charge in [-0.05, 0) is 64.9 Å². The van der Waals surface area contributed by atoms with E-state index in [1.54, 1.807) is 0 Å². The van der Waals surface area contributed by atoms with Crippen molar-refractivity contribution in [3.05, 3.63) is 48.0 Å². The molecule has 1 heterocycles. The monoisotopic (exact) mass is 329 g/mol. The lowest BCUT2D eigenvalue weighted by Crippen LogP contribution is -2.39. The first kappa shape index (κ1) is 18.6.